The number of benzene rings is 1. The largest absolute Gasteiger partial charge is 0.366 e. The van der Waals surface area contributed by atoms with Crippen molar-refractivity contribution >= 4 is 33.2 Å². The topological polar surface area (TPSA) is 37.4 Å². The summed E-state index contributed by atoms with van der Waals surface area (Å²) in [6.45, 7) is 3.66. The number of anilines is 1. The molecule has 0 bridgehead atoms. The number of ketones is 2. The summed E-state index contributed by atoms with van der Waals surface area (Å²) in [5.41, 5.74) is 1.62. The number of nitrogens with zero attached hydrogens (tertiary/aromatic N) is 1. The lowest BCUT2D eigenvalue weighted by Crippen LogP contribution is -2.44. The van der Waals surface area contributed by atoms with Crippen molar-refractivity contribution in [1.82, 2.24) is 0 Å². The van der Waals surface area contributed by atoms with E-state index >= 15 is 0 Å². The minimum Gasteiger partial charge on any atom is -0.366 e. The van der Waals surface area contributed by atoms with Gasteiger partial charge in [0, 0.05) is 17.1 Å². The third-order valence-corrected chi connectivity index (χ3v) is 4.97. The molecule has 0 N–H and O–H groups in total. The molecular formula is C15H15BrFNO2. The summed E-state index contributed by atoms with van der Waals surface area (Å²) >= 11 is 3.34. The van der Waals surface area contributed by atoms with E-state index in [0.29, 0.717) is 22.7 Å². The van der Waals surface area contributed by atoms with Gasteiger partial charge in [-0.1, -0.05) is 15.9 Å². The highest BCUT2D eigenvalue weighted by molar-refractivity contribution is 9.10. The molecule has 2 aliphatic rings. The average Bonchev–Trinajstić information content (AvgIpc) is 3.19. The first kappa shape index (κ1) is 13.7. The molecule has 5 heteroatoms. The molecular weight excluding hydrogens is 325 g/mol. The Bertz CT molecular complexity index is 625. The SMILES string of the molecule is CC(=O)C1CN(C2CC2)c2c(C)c(Br)cc(F)c2C1=O. The Morgan fingerprint density at radius 2 is 2.10 bits per heavy atom. The first-order chi connectivity index (χ1) is 9.41. The van der Waals surface area contributed by atoms with E-state index in [0.717, 1.165) is 18.4 Å². The first-order valence-electron chi connectivity index (χ1n) is 6.71. The normalized spacial score (nSPS) is 21.9. The number of hydrogen-bond acceptors (Lipinski definition) is 3. The Morgan fingerprint density at radius 1 is 1.45 bits per heavy atom. The lowest BCUT2D eigenvalue weighted by molar-refractivity contribution is -0.119. The van der Waals surface area contributed by atoms with Gasteiger partial charge in [-0.25, -0.2) is 4.39 Å². The summed E-state index contributed by atoms with van der Waals surface area (Å²) < 4.78 is 14.9. The van der Waals surface area contributed by atoms with Gasteiger partial charge in [-0.3, -0.25) is 9.59 Å². The number of hydrogen-bond donors (Lipinski definition) is 0. The average molecular weight is 340 g/mol. The third-order valence-electron chi connectivity index (χ3n) is 4.15. The van der Waals surface area contributed by atoms with Gasteiger partial charge in [0.2, 0.25) is 0 Å². The van der Waals surface area contributed by atoms with Crippen molar-refractivity contribution in [1.29, 1.82) is 0 Å². The van der Waals surface area contributed by atoms with E-state index in [-0.39, 0.29) is 17.1 Å². The molecule has 1 fully saturated rings. The van der Waals surface area contributed by atoms with Crippen LogP contribution in [0.2, 0.25) is 0 Å². The smallest absolute Gasteiger partial charge is 0.180 e. The summed E-state index contributed by atoms with van der Waals surface area (Å²) in [7, 11) is 0. The van der Waals surface area contributed by atoms with Crippen LogP contribution in [-0.4, -0.2) is 24.2 Å². The quantitative estimate of drug-likeness (QED) is 0.776. The molecule has 0 saturated heterocycles. The number of Topliss-reactive ketones (excluding diaryl/α,β-unsaturated/α-hetero) is 2. The van der Waals surface area contributed by atoms with E-state index < -0.39 is 11.7 Å². The summed E-state index contributed by atoms with van der Waals surface area (Å²) in [6.07, 6.45) is 2.07. The Balaban J connectivity index is 2.22. The van der Waals surface area contributed by atoms with Crippen LogP contribution in [0.4, 0.5) is 10.1 Å². The van der Waals surface area contributed by atoms with Crippen LogP contribution in [0.15, 0.2) is 10.5 Å². The van der Waals surface area contributed by atoms with Crippen LogP contribution in [-0.2, 0) is 4.79 Å². The fourth-order valence-corrected chi connectivity index (χ4v) is 3.26. The molecule has 1 atom stereocenters. The number of rotatable bonds is 2. The molecule has 3 rings (SSSR count). The minimum absolute atomic E-state index is 0.0871. The molecule has 1 heterocycles. The van der Waals surface area contributed by atoms with Crippen LogP contribution >= 0.6 is 15.9 Å². The van der Waals surface area contributed by atoms with Gasteiger partial charge in [0.1, 0.15) is 11.6 Å². The van der Waals surface area contributed by atoms with Gasteiger partial charge in [-0.2, -0.15) is 0 Å². The van der Waals surface area contributed by atoms with Gasteiger partial charge in [0.05, 0.1) is 17.2 Å². The highest BCUT2D eigenvalue weighted by Crippen LogP contribution is 2.43. The van der Waals surface area contributed by atoms with Gasteiger partial charge < -0.3 is 4.90 Å². The van der Waals surface area contributed by atoms with Gasteiger partial charge >= 0.3 is 0 Å². The van der Waals surface area contributed by atoms with Gasteiger partial charge in [-0.05, 0) is 38.3 Å². The van der Waals surface area contributed by atoms with E-state index in [1.807, 2.05) is 11.8 Å². The van der Waals surface area contributed by atoms with Crippen LogP contribution < -0.4 is 4.90 Å². The molecule has 0 amide bonds. The van der Waals surface area contributed by atoms with E-state index in [1.165, 1.54) is 13.0 Å². The molecule has 1 aromatic carbocycles. The Morgan fingerprint density at radius 3 is 2.65 bits per heavy atom. The van der Waals surface area contributed by atoms with Crippen molar-refractivity contribution in [3.8, 4) is 0 Å². The fraction of sp³-hybridized carbons (Fsp3) is 0.467. The summed E-state index contributed by atoms with van der Waals surface area (Å²) in [4.78, 5) is 26.2. The molecule has 1 aromatic rings. The lowest BCUT2D eigenvalue weighted by atomic mass is 9.86. The van der Waals surface area contributed by atoms with Gasteiger partial charge in [-0.15, -0.1) is 0 Å². The highest BCUT2D eigenvalue weighted by Gasteiger charge is 2.43. The zero-order chi connectivity index (χ0) is 14.6. The van der Waals surface area contributed by atoms with Crippen molar-refractivity contribution in [2.45, 2.75) is 32.7 Å². The van der Waals surface area contributed by atoms with Crippen LogP contribution in [0.25, 0.3) is 0 Å². The van der Waals surface area contributed by atoms with Crippen molar-refractivity contribution in [2.75, 3.05) is 11.4 Å². The molecule has 106 valence electrons. The molecule has 1 aliphatic carbocycles. The summed E-state index contributed by atoms with van der Waals surface area (Å²) in [5.74, 6) is -1.85. The predicted molar refractivity (Wildman–Crippen MR) is 77.7 cm³/mol. The van der Waals surface area contributed by atoms with E-state index in [9.17, 15) is 14.0 Å². The second-order valence-electron chi connectivity index (χ2n) is 5.60. The summed E-state index contributed by atoms with van der Waals surface area (Å²) in [5, 5.41) is 0. The van der Waals surface area contributed by atoms with Crippen molar-refractivity contribution in [3.63, 3.8) is 0 Å². The van der Waals surface area contributed by atoms with E-state index in [2.05, 4.69) is 15.9 Å². The fourth-order valence-electron chi connectivity index (χ4n) is 2.87. The van der Waals surface area contributed by atoms with Crippen molar-refractivity contribution < 1.29 is 14.0 Å². The molecule has 1 unspecified atom stereocenters. The second kappa shape index (κ2) is 4.65. The zero-order valence-electron chi connectivity index (χ0n) is 11.4. The predicted octanol–water partition coefficient (Wildman–Crippen LogP) is 3.27. The standard InChI is InChI=1S/C15H15BrFNO2/c1-7-11(16)5-12(17)13-14(7)18(9-3-4-9)6-10(8(2)19)15(13)20/h5,9-10H,3-4,6H2,1-2H3. The molecule has 0 aromatic heterocycles. The first-order valence-corrected chi connectivity index (χ1v) is 7.51. The number of fused-ring (bicyclic) bond motifs is 1. The molecule has 0 radical (unpaired) electrons. The number of carbonyl (C=O) groups is 2. The molecule has 1 saturated carbocycles. The number of halogens is 2. The monoisotopic (exact) mass is 339 g/mol. The van der Waals surface area contributed by atoms with Crippen molar-refractivity contribution in [3.05, 3.63) is 27.5 Å². The Kier molecular flexibility index (Phi) is 3.20. The van der Waals surface area contributed by atoms with Crippen LogP contribution in [0.3, 0.4) is 0 Å². The maximum Gasteiger partial charge on any atom is 0.180 e. The second-order valence-corrected chi connectivity index (χ2v) is 6.45. The van der Waals surface area contributed by atoms with E-state index in [1.54, 1.807) is 0 Å². The van der Waals surface area contributed by atoms with Gasteiger partial charge in [0.25, 0.3) is 0 Å². The summed E-state index contributed by atoms with van der Waals surface area (Å²) in [6, 6.07) is 1.65. The molecule has 0 spiro atoms. The van der Waals surface area contributed by atoms with Crippen molar-refractivity contribution in [2.24, 2.45) is 5.92 Å². The van der Waals surface area contributed by atoms with Crippen LogP contribution in [0, 0.1) is 18.7 Å². The zero-order valence-corrected chi connectivity index (χ0v) is 13.0. The van der Waals surface area contributed by atoms with Crippen LogP contribution in [0.5, 0.6) is 0 Å². The van der Waals surface area contributed by atoms with E-state index in [4.69, 9.17) is 0 Å². The van der Waals surface area contributed by atoms with Gasteiger partial charge in [0.15, 0.2) is 5.78 Å². The van der Waals surface area contributed by atoms with Crippen LogP contribution in [0.1, 0.15) is 35.7 Å². The molecule has 1 aliphatic heterocycles. The molecule has 20 heavy (non-hydrogen) atoms. The number of carbonyl (C=O) groups excluding carboxylic acids is 2. The lowest BCUT2D eigenvalue weighted by Gasteiger charge is -2.36. The third kappa shape index (κ3) is 1.99. The maximum absolute atomic E-state index is 14.3. The Hall–Kier alpha value is -1.23. The Labute approximate surface area is 125 Å². The highest BCUT2D eigenvalue weighted by atomic mass is 79.9. The minimum atomic E-state index is -0.738. The maximum atomic E-state index is 14.3. The molecule has 3 nitrogen and oxygen atoms in total.